The van der Waals surface area contributed by atoms with Crippen LogP contribution in [0.25, 0.3) is 0 Å². The van der Waals surface area contributed by atoms with E-state index in [1.54, 1.807) is 10.9 Å². The van der Waals surface area contributed by atoms with Crippen molar-refractivity contribution in [1.82, 2.24) is 25.6 Å². The lowest BCUT2D eigenvalue weighted by Gasteiger charge is -2.22. The molecule has 1 amide bonds. The first-order chi connectivity index (χ1) is 8.21. The molecule has 1 fully saturated rings. The fourth-order valence-corrected chi connectivity index (χ4v) is 2.08. The van der Waals surface area contributed by atoms with Crippen molar-refractivity contribution >= 4 is 5.91 Å². The smallest absolute Gasteiger partial charge is 0.240 e. The zero-order chi connectivity index (χ0) is 12.1. The van der Waals surface area contributed by atoms with Crippen molar-refractivity contribution in [2.45, 2.75) is 38.3 Å². The number of amides is 1. The molecule has 0 saturated carbocycles. The summed E-state index contributed by atoms with van der Waals surface area (Å²) in [6.45, 7) is 4.36. The number of carbonyl (C=O) groups excluding carboxylic acids is 1. The first kappa shape index (κ1) is 12.0. The number of rotatable bonds is 5. The van der Waals surface area contributed by atoms with Gasteiger partial charge in [0, 0.05) is 19.3 Å². The first-order valence-electron chi connectivity index (χ1n) is 6.08. The number of nitrogens with zero attached hydrogens (tertiary/aromatic N) is 3. The second-order valence-electron chi connectivity index (χ2n) is 4.64. The lowest BCUT2D eigenvalue weighted by Crippen LogP contribution is -2.51. The van der Waals surface area contributed by atoms with Crippen LogP contribution >= 0.6 is 0 Å². The van der Waals surface area contributed by atoms with E-state index in [1.165, 1.54) is 0 Å². The predicted octanol–water partition coefficient (Wildman–Crippen LogP) is -0.0735. The molecule has 0 aromatic carbocycles. The maximum Gasteiger partial charge on any atom is 0.240 e. The van der Waals surface area contributed by atoms with Gasteiger partial charge in [0.1, 0.15) is 0 Å². The molecule has 0 aliphatic carbocycles. The van der Waals surface area contributed by atoms with Gasteiger partial charge in [-0.25, -0.2) is 0 Å². The second kappa shape index (κ2) is 5.27. The van der Waals surface area contributed by atoms with Crippen LogP contribution in [-0.4, -0.2) is 39.5 Å². The summed E-state index contributed by atoms with van der Waals surface area (Å²) in [5.41, 5.74) is -0.368. The molecular formula is C11H19N5O. The Balaban J connectivity index is 1.66. The molecule has 0 radical (unpaired) electrons. The monoisotopic (exact) mass is 237 g/mol. The van der Waals surface area contributed by atoms with Crippen molar-refractivity contribution in [2.24, 2.45) is 0 Å². The highest BCUT2D eigenvalue weighted by Gasteiger charge is 2.35. The zero-order valence-electron chi connectivity index (χ0n) is 10.1. The maximum absolute atomic E-state index is 11.9. The van der Waals surface area contributed by atoms with Crippen LogP contribution in [-0.2, 0) is 11.3 Å². The number of hydrogen-bond donors (Lipinski definition) is 2. The van der Waals surface area contributed by atoms with Gasteiger partial charge in [-0.1, -0.05) is 5.21 Å². The largest absolute Gasteiger partial charge is 0.354 e. The summed E-state index contributed by atoms with van der Waals surface area (Å²) >= 11 is 0. The van der Waals surface area contributed by atoms with Gasteiger partial charge in [0.25, 0.3) is 0 Å². The van der Waals surface area contributed by atoms with E-state index in [9.17, 15) is 4.79 Å². The van der Waals surface area contributed by atoms with Gasteiger partial charge in [-0.15, -0.1) is 5.10 Å². The molecule has 6 nitrogen and oxygen atoms in total. The Morgan fingerprint density at radius 3 is 3.18 bits per heavy atom. The van der Waals surface area contributed by atoms with Crippen LogP contribution in [0.2, 0.25) is 0 Å². The summed E-state index contributed by atoms with van der Waals surface area (Å²) in [6.07, 6.45) is 6.33. The van der Waals surface area contributed by atoms with Crippen LogP contribution in [0.3, 0.4) is 0 Å². The molecule has 1 aliphatic heterocycles. The van der Waals surface area contributed by atoms with E-state index in [-0.39, 0.29) is 11.4 Å². The van der Waals surface area contributed by atoms with E-state index in [1.807, 2.05) is 13.1 Å². The maximum atomic E-state index is 11.9. The lowest BCUT2D eigenvalue weighted by molar-refractivity contribution is -0.126. The second-order valence-corrected chi connectivity index (χ2v) is 4.64. The minimum atomic E-state index is -0.368. The van der Waals surface area contributed by atoms with Crippen molar-refractivity contribution in [3.05, 3.63) is 12.4 Å². The number of hydrogen-bond acceptors (Lipinski definition) is 4. The third kappa shape index (κ3) is 3.03. The van der Waals surface area contributed by atoms with Gasteiger partial charge in [0.2, 0.25) is 5.91 Å². The average Bonchev–Trinajstić information content (AvgIpc) is 2.96. The van der Waals surface area contributed by atoms with Crippen LogP contribution in [0.15, 0.2) is 12.4 Å². The molecule has 2 N–H and O–H groups in total. The SMILES string of the molecule is CC1(C(=O)NCCCn2ccnn2)CCCN1. The average molecular weight is 237 g/mol. The Morgan fingerprint density at radius 2 is 2.53 bits per heavy atom. The van der Waals surface area contributed by atoms with Gasteiger partial charge < -0.3 is 10.6 Å². The Labute approximate surface area is 101 Å². The van der Waals surface area contributed by atoms with Gasteiger partial charge in [-0.3, -0.25) is 9.48 Å². The molecular weight excluding hydrogens is 218 g/mol. The zero-order valence-corrected chi connectivity index (χ0v) is 10.1. The Kier molecular flexibility index (Phi) is 3.73. The van der Waals surface area contributed by atoms with Gasteiger partial charge in [0.05, 0.1) is 11.7 Å². The molecule has 17 heavy (non-hydrogen) atoms. The van der Waals surface area contributed by atoms with Crippen molar-refractivity contribution < 1.29 is 4.79 Å². The summed E-state index contributed by atoms with van der Waals surface area (Å²) < 4.78 is 1.77. The summed E-state index contributed by atoms with van der Waals surface area (Å²) in [6, 6.07) is 0. The molecule has 94 valence electrons. The van der Waals surface area contributed by atoms with E-state index in [4.69, 9.17) is 0 Å². The van der Waals surface area contributed by atoms with Crippen molar-refractivity contribution in [3.63, 3.8) is 0 Å². The molecule has 1 saturated heterocycles. The Hall–Kier alpha value is -1.43. The van der Waals surface area contributed by atoms with E-state index in [0.29, 0.717) is 6.54 Å². The van der Waals surface area contributed by atoms with Crippen molar-refractivity contribution in [3.8, 4) is 0 Å². The minimum absolute atomic E-state index is 0.105. The molecule has 0 bridgehead atoms. The Bertz CT molecular complexity index is 356. The van der Waals surface area contributed by atoms with Gasteiger partial charge in [-0.2, -0.15) is 0 Å². The molecule has 2 heterocycles. The molecule has 1 aliphatic rings. The van der Waals surface area contributed by atoms with E-state index < -0.39 is 0 Å². The van der Waals surface area contributed by atoms with Gasteiger partial charge >= 0.3 is 0 Å². The van der Waals surface area contributed by atoms with Gasteiger partial charge in [0.15, 0.2) is 0 Å². The minimum Gasteiger partial charge on any atom is -0.354 e. The predicted molar refractivity (Wildman–Crippen MR) is 63.3 cm³/mol. The molecule has 0 spiro atoms. The number of aromatic nitrogens is 3. The highest BCUT2D eigenvalue weighted by Crippen LogP contribution is 2.18. The van der Waals surface area contributed by atoms with Crippen LogP contribution in [0.5, 0.6) is 0 Å². The number of carbonyl (C=O) groups is 1. The fraction of sp³-hybridized carbons (Fsp3) is 0.727. The summed E-state index contributed by atoms with van der Waals surface area (Å²) in [5.74, 6) is 0.105. The summed E-state index contributed by atoms with van der Waals surface area (Å²) in [5, 5.41) is 13.8. The number of aryl methyl sites for hydroxylation is 1. The molecule has 1 aromatic heterocycles. The quantitative estimate of drug-likeness (QED) is 0.703. The molecule has 1 aromatic rings. The molecule has 2 rings (SSSR count). The van der Waals surface area contributed by atoms with Gasteiger partial charge in [-0.05, 0) is 32.7 Å². The van der Waals surface area contributed by atoms with E-state index >= 15 is 0 Å². The normalized spacial score (nSPS) is 23.8. The Morgan fingerprint density at radius 1 is 1.65 bits per heavy atom. The van der Waals surface area contributed by atoms with E-state index in [0.717, 1.165) is 32.4 Å². The molecule has 6 heteroatoms. The third-order valence-corrected chi connectivity index (χ3v) is 3.19. The van der Waals surface area contributed by atoms with Crippen LogP contribution < -0.4 is 10.6 Å². The molecule has 1 atom stereocenters. The standard InChI is InChI=1S/C11H19N5O/c1-11(4-2-6-13-11)10(17)12-5-3-8-16-9-7-14-15-16/h7,9,13H,2-6,8H2,1H3,(H,12,17). The van der Waals surface area contributed by atoms with Crippen molar-refractivity contribution in [2.75, 3.05) is 13.1 Å². The molecule has 1 unspecified atom stereocenters. The topological polar surface area (TPSA) is 71.8 Å². The fourth-order valence-electron chi connectivity index (χ4n) is 2.08. The number of nitrogens with one attached hydrogen (secondary N) is 2. The van der Waals surface area contributed by atoms with Crippen LogP contribution in [0.4, 0.5) is 0 Å². The van der Waals surface area contributed by atoms with E-state index in [2.05, 4.69) is 20.9 Å². The highest BCUT2D eigenvalue weighted by atomic mass is 16.2. The highest BCUT2D eigenvalue weighted by molar-refractivity contribution is 5.86. The van der Waals surface area contributed by atoms with Crippen LogP contribution in [0.1, 0.15) is 26.2 Å². The first-order valence-corrected chi connectivity index (χ1v) is 6.08. The van der Waals surface area contributed by atoms with Crippen molar-refractivity contribution in [1.29, 1.82) is 0 Å². The summed E-state index contributed by atoms with van der Waals surface area (Å²) in [7, 11) is 0. The third-order valence-electron chi connectivity index (χ3n) is 3.19. The lowest BCUT2D eigenvalue weighted by atomic mass is 9.99. The summed E-state index contributed by atoms with van der Waals surface area (Å²) in [4.78, 5) is 11.9. The van der Waals surface area contributed by atoms with Crippen LogP contribution in [0, 0.1) is 0 Å².